The van der Waals surface area contributed by atoms with Gasteiger partial charge in [0, 0.05) is 34.4 Å². The summed E-state index contributed by atoms with van der Waals surface area (Å²) in [6.07, 6.45) is 3.37. The van der Waals surface area contributed by atoms with Crippen molar-refractivity contribution in [2.45, 2.75) is 6.61 Å². The number of fused-ring (bicyclic) bond motifs is 1. The summed E-state index contributed by atoms with van der Waals surface area (Å²) in [7, 11) is 0. The maximum Gasteiger partial charge on any atom is 0.129 e. The summed E-state index contributed by atoms with van der Waals surface area (Å²) < 4.78 is 19.3. The minimum Gasteiger partial charge on any atom is -0.488 e. The molecule has 3 aromatic rings. The van der Waals surface area contributed by atoms with E-state index in [0.717, 1.165) is 10.8 Å². The summed E-state index contributed by atoms with van der Waals surface area (Å²) >= 11 is 0. The third-order valence-electron chi connectivity index (χ3n) is 3.15. The first kappa shape index (κ1) is 12.4. The average molecular weight is 268 g/mol. The number of anilines is 1. The van der Waals surface area contributed by atoms with Crippen molar-refractivity contribution in [2.75, 3.05) is 5.73 Å². The molecule has 0 aliphatic rings. The first-order valence-corrected chi connectivity index (χ1v) is 6.24. The Kier molecular flexibility index (Phi) is 3.21. The number of hydrogen-bond donors (Lipinski definition) is 1. The first-order chi connectivity index (χ1) is 9.75. The quantitative estimate of drug-likeness (QED) is 0.739. The van der Waals surface area contributed by atoms with Crippen LogP contribution in [0.4, 0.5) is 10.1 Å². The second-order valence-corrected chi connectivity index (χ2v) is 4.45. The topological polar surface area (TPSA) is 48.1 Å². The SMILES string of the molecule is Nc1ccc(OCc2ccccc2F)c2ccncc12. The van der Waals surface area contributed by atoms with E-state index in [1.165, 1.54) is 6.07 Å². The van der Waals surface area contributed by atoms with Gasteiger partial charge in [-0.1, -0.05) is 18.2 Å². The van der Waals surface area contributed by atoms with Gasteiger partial charge in [-0.15, -0.1) is 0 Å². The van der Waals surface area contributed by atoms with Gasteiger partial charge in [-0.3, -0.25) is 4.98 Å². The fourth-order valence-corrected chi connectivity index (χ4v) is 2.08. The molecule has 0 aliphatic carbocycles. The molecule has 0 spiro atoms. The Labute approximate surface area is 115 Å². The van der Waals surface area contributed by atoms with Crippen molar-refractivity contribution in [1.82, 2.24) is 4.98 Å². The second kappa shape index (κ2) is 5.17. The molecule has 20 heavy (non-hydrogen) atoms. The highest BCUT2D eigenvalue weighted by Gasteiger charge is 2.07. The van der Waals surface area contributed by atoms with Crippen LogP contribution >= 0.6 is 0 Å². The zero-order chi connectivity index (χ0) is 13.9. The van der Waals surface area contributed by atoms with E-state index in [-0.39, 0.29) is 12.4 Å². The maximum absolute atomic E-state index is 13.6. The number of benzene rings is 2. The Morgan fingerprint density at radius 2 is 1.90 bits per heavy atom. The van der Waals surface area contributed by atoms with E-state index in [1.54, 1.807) is 42.7 Å². The highest BCUT2D eigenvalue weighted by atomic mass is 19.1. The Bertz CT molecular complexity index is 758. The summed E-state index contributed by atoms with van der Waals surface area (Å²) in [6.45, 7) is 0.175. The molecule has 0 saturated heterocycles. The summed E-state index contributed by atoms with van der Waals surface area (Å²) in [4.78, 5) is 4.05. The first-order valence-electron chi connectivity index (χ1n) is 6.24. The molecule has 3 rings (SSSR count). The molecule has 0 fully saturated rings. The zero-order valence-electron chi connectivity index (χ0n) is 10.7. The van der Waals surface area contributed by atoms with Crippen molar-refractivity contribution < 1.29 is 9.13 Å². The van der Waals surface area contributed by atoms with Gasteiger partial charge in [0.15, 0.2) is 0 Å². The van der Waals surface area contributed by atoms with E-state index < -0.39 is 0 Å². The number of nitrogens with two attached hydrogens (primary N) is 1. The summed E-state index contributed by atoms with van der Waals surface area (Å²) in [5.74, 6) is 0.397. The van der Waals surface area contributed by atoms with Gasteiger partial charge in [0.25, 0.3) is 0 Å². The maximum atomic E-state index is 13.6. The Hall–Kier alpha value is -2.62. The molecule has 1 aromatic heterocycles. The van der Waals surface area contributed by atoms with Gasteiger partial charge in [0.2, 0.25) is 0 Å². The summed E-state index contributed by atoms with van der Waals surface area (Å²) in [6, 6.07) is 12.0. The van der Waals surface area contributed by atoms with Gasteiger partial charge in [-0.05, 0) is 24.3 Å². The Morgan fingerprint density at radius 3 is 2.75 bits per heavy atom. The number of ether oxygens (including phenoxy) is 1. The fraction of sp³-hybridized carbons (Fsp3) is 0.0625. The van der Waals surface area contributed by atoms with Crippen molar-refractivity contribution in [3.05, 3.63) is 66.2 Å². The number of nitrogens with zero attached hydrogens (tertiary/aromatic N) is 1. The molecule has 1 heterocycles. The summed E-state index contributed by atoms with van der Waals surface area (Å²) in [5.41, 5.74) is 7.07. The Balaban J connectivity index is 1.92. The minimum atomic E-state index is -0.270. The van der Waals surface area contributed by atoms with Crippen LogP contribution in [-0.4, -0.2) is 4.98 Å². The third kappa shape index (κ3) is 2.28. The van der Waals surface area contributed by atoms with Crippen LogP contribution in [-0.2, 0) is 6.61 Å². The molecule has 0 aliphatic heterocycles. The van der Waals surface area contributed by atoms with Gasteiger partial charge in [0.1, 0.15) is 18.2 Å². The Morgan fingerprint density at radius 1 is 1.05 bits per heavy atom. The van der Waals surface area contributed by atoms with Gasteiger partial charge in [-0.2, -0.15) is 0 Å². The predicted octanol–water partition coefficient (Wildman–Crippen LogP) is 3.54. The number of nitrogen functional groups attached to an aromatic ring is 1. The van der Waals surface area contributed by atoms with Crippen LogP contribution in [0.1, 0.15) is 5.56 Å². The number of pyridine rings is 1. The predicted molar refractivity (Wildman–Crippen MR) is 76.9 cm³/mol. The van der Waals surface area contributed by atoms with Crippen LogP contribution in [0.15, 0.2) is 54.9 Å². The number of hydrogen-bond acceptors (Lipinski definition) is 3. The standard InChI is InChI=1S/C16H13FN2O/c17-14-4-2-1-3-11(14)10-20-16-6-5-15(18)13-9-19-8-7-12(13)16/h1-9H,10,18H2. The van der Waals surface area contributed by atoms with Crippen molar-refractivity contribution in [1.29, 1.82) is 0 Å². The molecule has 2 aromatic carbocycles. The van der Waals surface area contributed by atoms with Crippen molar-refractivity contribution in [2.24, 2.45) is 0 Å². The van der Waals surface area contributed by atoms with Gasteiger partial charge in [-0.25, -0.2) is 4.39 Å². The molecule has 0 saturated carbocycles. The van der Waals surface area contributed by atoms with Gasteiger partial charge >= 0.3 is 0 Å². The highest BCUT2D eigenvalue weighted by molar-refractivity contribution is 5.96. The van der Waals surface area contributed by atoms with E-state index in [4.69, 9.17) is 10.5 Å². The van der Waals surface area contributed by atoms with Crippen LogP contribution in [0.2, 0.25) is 0 Å². The van der Waals surface area contributed by atoms with E-state index >= 15 is 0 Å². The molecule has 100 valence electrons. The van der Waals surface area contributed by atoms with Crippen LogP contribution in [0.3, 0.4) is 0 Å². The monoisotopic (exact) mass is 268 g/mol. The van der Waals surface area contributed by atoms with Crippen LogP contribution in [0.25, 0.3) is 10.8 Å². The lowest BCUT2D eigenvalue weighted by molar-refractivity contribution is 0.303. The smallest absolute Gasteiger partial charge is 0.129 e. The highest BCUT2D eigenvalue weighted by Crippen LogP contribution is 2.29. The normalized spacial score (nSPS) is 10.7. The second-order valence-electron chi connectivity index (χ2n) is 4.45. The zero-order valence-corrected chi connectivity index (χ0v) is 10.7. The molecule has 0 bridgehead atoms. The van der Waals surface area contributed by atoms with Gasteiger partial charge < -0.3 is 10.5 Å². The molecule has 2 N–H and O–H groups in total. The average Bonchev–Trinajstić information content (AvgIpc) is 2.48. The van der Waals surface area contributed by atoms with Crippen LogP contribution in [0.5, 0.6) is 5.75 Å². The van der Waals surface area contributed by atoms with Crippen molar-refractivity contribution >= 4 is 16.5 Å². The molecule has 0 amide bonds. The molecule has 0 radical (unpaired) electrons. The number of aromatic nitrogens is 1. The lowest BCUT2D eigenvalue weighted by Crippen LogP contribution is -1.99. The number of halogens is 1. The third-order valence-corrected chi connectivity index (χ3v) is 3.15. The van der Waals surface area contributed by atoms with Crippen LogP contribution < -0.4 is 10.5 Å². The van der Waals surface area contributed by atoms with E-state index in [9.17, 15) is 4.39 Å². The van der Waals surface area contributed by atoms with Gasteiger partial charge in [0.05, 0.1) is 0 Å². The summed E-state index contributed by atoms with van der Waals surface area (Å²) in [5, 5.41) is 1.70. The number of rotatable bonds is 3. The largest absolute Gasteiger partial charge is 0.488 e. The van der Waals surface area contributed by atoms with Crippen molar-refractivity contribution in [3.63, 3.8) is 0 Å². The van der Waals surface area contributed by atoms with E-state index in [2.05, 4.69) is 4.98 Å². The molecule has 4 heteroatoms. The molecule has 0 unspecified atom stereocenters. The molecular weight excluding hydrogens is 255 g/mol. The lowest BCUT2D eigenvalue weighted by Gasteiger charge is -2.11. The van der Waals surface area contributed by atoms with E-state index in [1.807, 2.05) is 6.07 Å². The lowest BCUT2D eigenvalue weighted by atomic mass is 10.1. The molecule has 3 nitrogen and oxygen atoms in total. The minimum absolute atomic E-state index is 0.175. The fourth-order valence-electron chi connectivity index (χ4n) is 2.08. The molecular formula is C16H13FN2O. The van der Waals surface area contributed by atoms with Crippen LogP contribution in [0, 0.1) is 5.82 Å². The molecule has 0 atom stereocenters. The van der Waals surface area contributed by atoms with E-state index in [0.29, 0.717) is 17.0 Å². The van der Waals surface area contributed by atoms with Crippen molar-refractivity contribution in [3.8, 4) is 5.75 Å².